The van der Waals surface area contributed by atoms with Crippen molar-refractivity contribution in [2.24, 2.45) is 4.99 Å². The third-order valence-corrected chi connectivity index (χ3v) is 4.06. The standard InChI is InChI=1S/C16H12ClFN6O2.Ru/c17-8-1-2-13(25)10(3-8)14-12(6-20-23-14)22-16(26)11-5-21-24-7-9(18)4-19-15(11)24;/h1-4,6-7,21H,5H2,(H3,20,22,23,25,26);/q;+1/p-1. The molecule has 1 amide bonds. The summed E-state index contributed by atoms with van der Waals surface area (Å²) in [6.45, 7) is 0.182. The van der Waals surface area contributed by atoms with Crippen molar-refractivity contribution in [2.75, 3.05) is 11.9 Å². The Labute approximate surface area is 170 Å². The molecule has 2 aromatic rings. The van der Waals surface area contributed by atoms with Gasteiger partial charge >= 0.3 is 19.5 Å². The van der Waals surface area contributed by atoms with Crippen LogP contribution in [0.4, 0.5) is 10.1 Å². The van der Waals surface area contributed by atoms with E-state index < -0.39 is 11.7 Å². The average molecular weight is 475 g/mol. The predicted octanol–water partition coefficient (Wildman–Crippen LogP) is 1.93. The Kier molecular flexibility index (Phi) is 5.41. The molecular formula is C16H11ClFN6O2Ru. The zero-order valence-corrected chi connectivity index (χ0v) is 15.9. The zero-order valence-electron chi connectivity index (χ0n) is 13.4. The van der Waals surface area contributed by atoms with Gasteiger partial charge in [0, 0.05) is 22.8 Å². The Morgan fingerprint density at radius 2 is 2.26 bits per heavy atom. The average Bonchev–Trinajstić information content (AvgIpc) is 3.23. The summed E-state index contributed by atoms with van der Waals surface area (Å²) in [6.07, 6.45) is 3.60. The molecule has 0 unspecified atom stereocenters. The van der Waals surface area contributed by atoms with E-state index in [2.05, 4.69) is 25.9 Å². The number of hydrogen-bond acceptors (Lipinski definition) is 6. The maximum absolute atomic E-state index is 13.2. The summed E-state index contributed by atoms with van der Waals surface area (Å²) in [6, 6.07) is 4.49. The van der Waals surface area contributed by atoms with Crippen LogP contribution in [0.2, 0.25) is 5.02 Å². The van der Waals surface area contributed by atoms with Gasteiger partial charge in [0.2, 0.25) is 0 Å². The number of nitrogens with one attached hydrogen (secondary N) is 2. The van der Waals surface area contributed by atoms with Crippen molar-refractivity contribution in [1.82, 2.24) is 20.6 Å². The molecule has 0 atom stereocenters. The Morgan fingerprint density at radius 1 is 1.44 bits per heavy atom. The van der Waals surface area contributed by atoms with Gasteiger partial charge in [-0.1, -0.05) is 11.6 Å². The van der Waals surface area contributed by atoms with Crippen molar-refractivity contribution in [2.45, 2.75) is 0 Å². The molecule has 0 saturated heterocycles. The van der Waals surface area contributed by atoms with Gasteiger partial charge in [0.15, 0.2) is 11.6 Å². The topological polar surface area (TPSA) is 104 Å². The molecule has 2 aliphatic heterocycles. The molecule has 3 N–H and O–H groups in total. The number of nitrogens with zero attached hydrogens (tertiary/aromatic N) is 4. The molecule has 3 heterocycles. The van der Waals surface area contributed by atoms with Crippen LogP contribution in [0, 0.1) is 0 Å². The third-order valence-electron chi connectivity index (χ3n) is 3.82. The molecular weight excluding hydrogens is 464 g/mol. The molecule has 0 aliphatic carbocycles. The zero-order chi connectivity index (χ0) is 18.3. The monoisotopic (exact) mass is 475 g/mol. The van der Waals surface area contributed by atoms with Crippen LogP contribution in [0.25, 0.3) is 11.3 Å². The van der Waals surface area contributed by atoms with Gasteiger partial charge in [0.05, 0.1) is 23.7 Å². The van der Waals surface area contributed by atoms with E-state index in [-0.39, 0.29) is 37.5 Å². The van der Waals surface area contributed by atoms with E-state index in [0.717, 1.165) is 6.21 Å². The largest absolute Gasteiger partial charge is 1.00 e. The number of phenols is 1. The number of fused-ring (bicyclic) bond motifs is 1. The molecule has 1 aromatic heterocycles. The molecule has 4 rings (SSSR count). The molecule has 0 spiro atoms. The van der Waals surface area contributed by atoms with E-state index in [9.17, 15) is 14.3 Å². The summed E-state index contributed by atoms with van der Waals surface area (Å²) >= 11 is 5.96. The number of aliphatic imine (C=N–C) groups is 1. The number of halogens is 2. The van der Waals surface area contributed by atoms with E-state index in [1.54, 1.807) is 0 Å². The molecule has 1 aromatic carbocycles. The van der Waals surface area contributed by atoms with Gasteiger partial charge in [-0.2, -0.15) is 0 Å². The molecule has 11 heteroatoms. The fraction of sp³-hybridized carbons (Fsp3) is 0.0625. The number of phenolic OH excluding ortho intramolecular Hbond substituents is 1. The minimum absolute atomic E-state index is 0. The fourth-order valence-electron chi connectivity index (χ4n) is 2.62. The van der Waals surface area contributed by atoms with Crippen molar-refractivity contribution in [3.8, 4) is 17.0 Å². The smallest absolute Gasteiger partial charge is 0.579 e. The van der Waals surface area contributed by atoms with Crippen LogP contribution >= 0.6 is 11.6 Å². The molecule has 1 radical (unpaired) electrons. The number of amides is 1. The van der Waals surface area contributed by atoms with Crippen LogP contribution in [0.15, 0.2) is 52.8 Å². The first kappa shape index (κ1) is 19.2. The summed E-state index contributed by atoms with van der Waals surface area (Å²) in [4.78, 5) is 16.6. The summed E-state index contributed by atoms with van der Waals surface area (Å²) in [5.41, 5.74) is 4.10. The second-order valence-electron chi connectivity index (χ2n) is 5.50. The van der Waals surface area contributed by atoms with Gasteiger partial charge in [-0.05, 0) is 18.2 Å². The minimum Gasteiger partial charge on any atom is -0.579 e. The van der Waals surface area contributed by atoms with Gasteiger partial charge in [0.1, 0.15) is 5.75 Å². The first-order valence-corrected chi connectivity index (χ1v) is 7.86. The number of anilines is 1. The number of hydrazine groups is 1. The number of hydrogen-bond donors (Lipinski definition) is 3. The number of carbonyl (C=O) groups is 1. The normalized spacial score (nSPS) is 15.3. The fourth-order valence-corrected chi connectivity index (χ4v) is 2.79. The summed E-state index contributed by atoms with van der Waals surface area (Å²) < 4.78 is 13.2. The summed E-state index contributed by atoms with van der Waals surface area (Å²) in [5, 5.41) is 22.2. The van der Waals surface area contributed by atoms with Crippen LogP contribution in [0.5, 0.6) is 5.75 Å². The molecule has 2 aliphatic rings. The number of aromatic nitrogens is 2. The van der Waals surface area contributed by atoms with E-state index in [0.29, 0.717) is 27.7 Å². The van der Waals surface area contributed by atoms with Gasteiger partial charge in [0.25, 0.3) is 5.91 Å². The molecule has 0 saturated carbocycles. The van der Waals surface area contributed by atoms with Crippen molar-refractivity contribution in [1.29, 1.82) is 0 Å². The quantitative estimate of drug-likeness (QED) is 0.587. The first-order chi connectivity index (χ1) is 12.5. The van der Waals surface area contributed by atoms with Crippen molar-refractivity contribution >= 4 is 29.4 Å². The Hall–Kier alpha value is -2.55. The minimum atomic E-state index is -0.522. The van der Waals surface area contributed by atoms with Crippen molar-refractivity contribution in [3.63, 3.8) is 0 Å². The van der Waals surface area contributed by atoms with Crippen molar-refractivity contribution < 1.29 is 33.8 Å². The molecule has 8 nitrogen and oxygen atoms in total. The summed E-state index contributed by atoms with van der Waals surface area (Å²) in [5.74, 6) is -0.700. The maximum atomic E-state index is 13.2. The van der Waals surface area contributed by atoms with E-state index >= 15 is 0 Å². The van der Waals surface area contributed by atoms with Gasteiger partial charge in [-0.3, -0.25) is 9.80 Å². The number of aromatic hydroxyl groups is 1. The molecule has 27 heavy (non-hydrogen) atoms. The SMILES string of the molecule is O=C(Nc1c[n-]nc1-c1cc(Cl)ccc1O)C1=C2N=CC(F)=CN2NC1.[Ru+]. The van der Waals surface area contributed by atoms with Crippen LogP contribution in [0.3, 0.4) is 0 Å². The van der Waals surface area contributed by atoms with Gasteiger partial charge < -0.3 is 20.6 Å². The van der Waals surface area contributed by atoms with Crippen molar-refractivity contribution in [3.05, 3.63) is 52.8 Å². The second-order valence-corrected chi connectivity index (χ2v) is 5.94. The second kappa shape index (κ2) is 7.60. The van der Waals surface area contributed by atoms with Crippen LogP contribution in [-0.4, -0.2) is 33.9 Å². The molecule has 0 bridgehead atoms. The number of benzene rings is 1. The van der Waals surface area contributed by atoms with E-state index in [1.807, 2.05) is 0 Å². The van der Waals surface area contributed by atoms with Crippen LogP contribution < -0.4 is 15.8 Å². The first-order valence-electron chi connectivity index (χ1n) is 7.49. The van der Waals surface area contributed by atoms with E-state index in [1.165, 1.54) is 35.6 Å². The number of rotatable bonds is 3. The van der Waals surface area contributed by atoms with Gasteiger partial charge in [-0.25, -0.2) is 14.8 Å². The van der Waals surface area contributed by atoms with Gasteiger partial charge in [-0.15, -0.1) is 6.20 Å². The maximum Gasteiger partial charge on any atom is 1.00 e. The summed E-state index contributed by atoms with van der Waals surface area (Å²) in [7, 11) is 0. The Bertz CT molecular complexity index is 1000. The third kappa shape index (κ3) is 3.64. The number of carbonyl (C=O) groups excluding carboxylic acids is 1. The Morgan fingerprint density at radius 3 is 3.07 bits per heavy atom. The Balaban J connectivity index is 0.00000210. The molecule has 0 fully saturated rings. The van der Waals surface area contributed by atoms with E-state index in [4.69, 9.17) is 11.6 Å². The molecule has 139 valence electrons. The number of allylic oxidation sites excluding steroid dienone is 1. The van der Waals surface area contributed by atoms with Crippen LogP contribution in [0.1, 0.15) is 0 Å². The predicted molar refractivity (Wildman–Crippen MR) is 92.8 cm³/mol. The van der Waals surface area contributed by atoms with Crippen LogP contribution in [-0.2, 0) is 24.3 Å².